The number of carboxylic acid groups (broad SMARTS) is 1. The summed E-state index contributed by atoms with van der Waals surface area (Å²) >= 11 is 0. The highest BCUT2D eigenvalue weighted by molar-refractivity contribution is 5.74. The molecule has 84 valence electrons. The molecule has 0 aliphatic rings. The molecule has 0 bridgehead atoms. The van der Waals surface area contributed by atoms with Crippen LogP contribution >= 0.6 is 0 Å². The number of aliphatic carboxylic acids is 1. The highest BCUT2D eigenvalue weighted by Crippen LogP contribution is 2.46. The molecule has 2 nitrogen and oxygen atoms in total. The molecule has 0 spiro atoms. The number of hydrogen-bond donors (Lipinski definition) is 1. The Morgan fingerprint density at radius 2 is 1.36 bits per heavy atom. The van der Waals surface area contributed by atoms with E-state index in [-0.39, 0.29) is 10.8 Å². The normalized spacial score (nSPS) is 14.2. The van der Waals surface area contributed by atoms with Crippen molar-refractivity contribution in [1.82, 2.24) is 0 Å². The summed E-state index contributed by atoms with van der Waals surface area (Å²) in [5.74, 6) is -0.716. The lowest BCUT2D eigenvalue weighted by Crippen LogP contribution is -2.41. The molecule has 0 amide bonds. The molecule has 0 saturated carbocycles. The summed E-state index contributed by atoms with van der Waals surface area (Å²) in [5, 5.41) is 9.17. The van der Waals surface area contributed by atoms with Crippen LogP contribution in [0.2, 0.25) is 0 Å². The Balaban J connectivity index is 4.87. The fourth-order valence-electron chi connectivity index (χ4n) is 1.84. The lowest BCUT2D eigenvalue weighted by molar-refractivity contribution is -0.155. The maximum Gasteiger partial charge on any atom is 0.309 e. The monoisotopic (exact) mass is 200 g/mol. The molecule has 0 aromatic rings. The van der Waals surface area contributed by atoms with Crippen LogP contribution in [0.25, 0.3) is 0 Å². The molecule has 0 aromatic heterocycles. The fourth-order valence-corrected chi connectivity index (χ4v) is 1.84. The van der Waals surface area contributed by atoms with Crippen LogP contribution in [-0.4, -0.2) is 11.1 Å². The smallest absolute Gasteiger partial charge is 0.309 e. The van der Waals surface area contributed by atoms with Crippen molar-refractivity contribution in [2.75, 3.05) is 0 Å². The second-order valence-corrected chi connectivity index (χ2v) is 6.55. The standard InChI is InChI=1S/C12H24O2/c1-10(2,3)8-11(4,5)12(6,7)9(13)14/h8H2,1-7H3,(H,13,14). The van der Waals surface area contributed by atoms with E-state index in [1.807, 2.05) is 13.8 Å². The first kappa shape index (κ1) is 13.5. The Hall–Kier alpha value is -0.530. The van der Waals surface area contributed by atoms with Gasteiger partial charge in [-0.3, -0.25) is 4.79 Å². The van der Waals surface area contributed by atoms with Crippen molar-refractivity contribution in [1.29, 1.82) is 0 Å². The SMILES string of the molecule is CC(C)(C)CC(C)(C)C(C)(C)C(=O)O. The summed E-state index contributed by atoms with van der Waals surface area (Å²) in [5.41, 5.74) is -0.715. The van der Waals surface area contributed by atoms with Crippen LogP contribution < -0.4 is 0 Å². The third-order valence-corrected chi connectivity index (χ3v) is 3.20. The van der Waals surface area contributed by atoms with Gasteiger partial charge in [-0.2, -0.15) is 0 Å². The fraction of sp³-hybridized carbons (Fsp3) is 0.917. The average molecular weight is 200 g/mol. The Morgan fingerprint density at radius 3 is 1.57 bits per heavy atom. The third kappa shape index (κ3) is 3.00. The van der Waals surface area contributed by atoms with Crippen LogP contribution in [0, 0.1) is 16.2 Å². The van der Waals surface area contributed by atoms with E-state index in [9.17, 15) is 9.90 Å². The zero-order chi connectivity index (χ0) is 11.8. The van der Waals surface area contributed by atoms with Crippen molar-refractivity contribution in [2.24, 2.45) is 16.2 Å². The van der Waals surface area contributed by atoms with Gasteiger partial charge in [0.15, 0.2) is 0 Å². The third-order valence-electron chi connectivity index (χ3n) is 3.20. The van der Waals surface area contributed by atoms with E-state index in [4.69, 9.17) is 0 Å². The number of rotatable bonds is 3. The van der Waals surface area contributed by atoms with Gasteiger partial charge in [-0.15, -0.1) is 0 Å². The van der Waals surface area contributed by atoms with E-state index in [0.717, 1.165) is 6.42 Å². The molecule has 1 N–H and O–H groups in total. The minimum Gasteiger partial charge on any atom is -0.481 e. The summed E-state index contributed by atoms with van der Waals surface area (Å²) < 4.78 is 0. The van der Waals surface area contributed by atoms with Crippen LogP contribution in [-0.2, 0) is 4.79 Å². The Morgan fingerprint density at radius 1 is 1.00 bits per heavy atom. The molecule has 0 aliphatic heterocycles. The molecule has 0 atom stereocenters. The maximum atomic E-state index is 11.2. The second-order valence-electron chi connectivity index (χ2n) is 6.55. The summed E-state index contributed by atoms with van der Waals surface area (Å²) in [6, 6.07) is 0. The van der Waals surface area contributed by atoms with Gasteiger partial charge in [0.1, 0.15) is 0 Å². The Bertz CT molecular complexity index is 219. The topological polar surface area (TPSA) is 37.3 Å². The summed E-state index contributed by atoms with van der Waals surface area (Å²) in [7, 11) is 0. The molecule has 0 unspecified atom stereocenters. The lowest BCUT2D eigenvalue weighted by Gasteiger charge is -2.42. The summed E-state index contributed by atoms with van der Waals surface area (Å²) in [4.78, 5) is 11.2. The van der Waals surface area contributed by atoms with Gasteiger partial charge in [-0.05, 0) is 31.1 Å². The van der Waals surface area contributed by atoms with Crippen LogP contribution in [0.4, 0.5) is 0 Å². The molecule has 2 heteroatoms. The lowest BCUT2D eigenvalue weighted by atomic mass is 9.61. The maximum absolute atomic E-state index is 11.2. The zero-order valence-electron chi connectivity index (χ0n) is 10.6. The van der Waals surface area contributed by atoms with Gasteiger partial charge in [-0.1, -0.05) is 34.6 Å². The van der Waals surface area contributed by atoms with Crippen LogP contribution in [0.3, 0.4) is 0 Å². The molecule has 0 fully saturated rings. The van der Waals surface area contributed by atoms with Crippen molar-refractivity contribution in [3.8, 4) is 0 Å². The van der Waals surface area contributed by atoms with Gasteiger partial charge >= 0.3 is 5.97 Å². The van der Waals surface area contributed by atoms with Crippen molar-refractivity contribution >= 4 is 5.97 Å². The van der Waals surface area contributed by atoms with Crippen molar-refractivity contribution < 1.29 is 9.90 Å². The van der Waals surface area contributed by atoms with Crippen molar-refractivity contribution in [3.63, 3.8) is 0 Å². The van der Waals surface area contributed by atoms with Crippen LogP contribution in [0.1, 0.15) is 54.9 Å². The predicted molar refractivity (Wildman–Crippen MR) is 59.3 cm³/mol. The molecule has 0 saturated heterocycles. The van der Waals surface area contributed by atoms with Crippen LogP contribution in [0.5, 0.6) is 0 Å². The molecule has 14 heavy (non-hydrogen) atoms. The largest absolute Gasteiger partial charge is 0.481 e. The van der Waals surface area contributed by atoms with E-state index in [2.05, 4.69) is 20.8 Å². The summed E-state index contributed by atoms with van der Waals surface area (Å²) in [6.07, 6.45) is 0.902. The van der Waals surface area contributed by atoms with E-state index >= 15 is 0 Å². The molecule has 0 aliphatic carbocycles. The van der Waals surface area contributed by atoms with Gasteiger partial charge in [-0.25, -0.2) is 0 Å². The van der Waals surface area contributed by atoms with Gasteiger partial charge in [0.25, 0.3) is 0 Å². The first-order valence-electron chi connectivity index (χ1n) is 5.13. The molecule has 0 heterocycles. The predicted octanol–water partition coefficient (Wildman–Crippen LogP) is 3.56. The highest BCUT2D eigenvalue weighted by atomic mass is 16.4. The zero-order valence-corrected chi connectivity index (χ0v) is 10.6. The first-order valence-corrected chi connectivity index (χ1v) is 5.13. The minimum atomic E-state index is -0.716. The first-order chi connectivity index (χ1) is 5.90. The van der Waals surface area contributed by atoms with Crippen molar-refractivity contribution in [3.05, 3.63) is 0 Å². The molecule has 0 rings (SSSR count). The average Bonchev–Trinajstić information content (AvgIpc) is 1.80. The Labute approximate surface area is 87.7 Å². The van der Waals surface area contributed by atoms with Crippen LogP contribution in [0.15, 0.2) is 0 Å². The number of carboxylic acids is 1. The van der Waals surface area contributed by atoms with E-state index in [0.29, 0.717) is 0 Å². The van der Waals surface area contributed by atoms with E-state index in [1.54, 1.807) is 13.8 Å². The second kappa shape index (κ2) is 3.56. The number of hydrogen-bond acceptors (Lipinski definition) is 1. The van der Waals surface area contributed by atoms with Crippen molar-refractivity contribution in [2.45, 2.75) is 54.9 Å². The van der Waals surface area contributed by atoms with Gasteiger partial charge in [0.2, 0.25) is 0 Å². The van der Waals surface area contributed by atoms with Gasteiger partial charge in [0, 0.05) is 0 Å². The molecular weight excluding hydrogens is 176 g/mol. The highest BCUT2D eigenvalue weighted by Gasteiger charge is 2.44. The molecular formula is C12H24O2. The minimum absolute atomic E-state index is 0.163. The van der Waals surface area contributed by atoms with E-state index in [1.165, 1.54) is 0 Å². The quantitative estimate of drug-likeness (QED) is 0.756. The van der Waals surface area contributed by atoms with E-state index < -0.39 is 11.4 Å². The van der Waals surface area contributed by atoms with Gasteiger partial charge in [0.05, 0.1) is 5.41 Å². The Kier molecular flexibility index (Phi) is 3.42. The van der Waals surface area contributed by atoms with Gasteiger partial charge < -0.3 is 5.11 Å². The summed E-state index contributed by atoms with van der Waals surface area (Å²) in [6.45, 7) is 14.1. The molecule has 0 radical (unpaired) electrons. The number of carbonyl (C=O) groups is 1. The molecule has 0 aromatic carbocycles.